The maximum atomic E-state index is 10.5. The Balaban J connectivity index is 0.00000144. The topological polar surface area (TPSA) is 60.4 Å². The Morgan fingerprint density at radius 2 is 1.69 bits per heavy atom. The molecular weight excluding hydrogens is 185 g/mol. The molecule has 0 spiro atoms. The number of rotatable bonds is 2. The molecule has 0 N–H and O–H groups in total. The first-order valence-corrected chi connectivity index (χ1v) is 4.63. The molecule has 0 heterocycles. The molecule has 13 heavy (non-hydrogen) atoms. The van der Waals surface area contributed by atoms with Crippen LogP contribution in [0.25, 0.3) is 0 Å². The van der Waals surface area contributed by atoms with E-state index in [0.29, 0.717) is 9.99 Å². The third-order valence-electron chi connectivity index (χ3n) is 1.46. The van der Waals surface area contributed by atoms with Crippen molar-refractivity contribution in [1.82, 2.24) is 0 Å². The third-order valence-corrected chi connectivity index (χ3v) is 2.34. The standard InChI is InChI=1S/C7H9NO3S.Li/c1-8(12(9,10)11)7-5-3-2-4-6-7;/h2-6H,1H3,(H,9,10,11);/q;+1/p-1. The van der Waals surface area contributed by atoms with Crippen molar-refractivity contribution in [3.8, 4) is 0 Å². The van der Waals surface area contributed by atoms with E-state index in [1.165, 1.54) is 7.05 Å². The molecule has 1 aromatic carbocycles. The van der Waals surface area contributed by atoms with Gasteiger partial charge in [0.05, 0.1) is 5.69 Å². The predicted molar refractivity (Wildman–Crippen MR) is 44.5 cm³/mol. The van der Waals surface area contributed by atoms with E-state index in [0.717, 1.165) is 0 Å². The molecule has 0 aliphatic rings. The molecule has 1 rings (SSSR count). The molecular formula is C7H8LiNO3S. The third kappa shape index (κ3) is 3.41. The second kappa shape index (κ2) is 4.68. The first-order valence-electron chi connectivity index (χ1n) is 3.26. The molecule has 0 atom stereocenters. The molecule has 0 bridgehead atoms. The van der Waals surface area contributed by atoms with Crippen molar-refractivity contribution in [3.63, 3.8) is 0 Å². The Morgan fingerprint density at radius 1 is 1.23 bits per heavy atom. The summed E-state index contributed by atoms with van der Waals surface area (Å²) in [5.41, 5.74) is 0.368. The summed E-state index contributed by atoms with van der Waals surface area (Å²) < 4.78 is 32.2. The van der Waals surface area contributed by atoms with E-state index in [4.69, 9.17) is 0 Å². The molecule has 0 unspecified atom stereocenters. The summed E-state index contributed by atoms with van der Waals surface area (Å²) in [6.07, 6.45) is 0. The normalized spacial score (nSPS) is 10.3. The fourth-order valence-corrected chi connectivity index (χ4v) is 1.15. The summed E-state index contributed by atoms with van der Waals surface area (Å²) in [5.74, 6) is 0. The molecule has 4 nitrogen and oxygen atoms in total. The molecule has 0 amide bonds. The largest absolute Gasteiger partial charge is 1.00 e. The average molecular weight is 193 g/mol. The van der Waals surface area contributed by atoms with Crippen LogP contribution in [0, 0.1) is 0 Å². The van der Waals surface area contributed by atoms with Crippen molar-refractivity contribution in [2.24, 2.45) is 0 Å². The average Bonchev–Trinajstić information content (AvgIpc) is 2.03. The van der Waals surface area contributed by atoms with Crippen molar-refractivity contribution in [2.75, 3.05) is 11.4 Å². The van der Waals surface area contributed by atoms with Crippen LogP contribution in [0.1, 0.15) is 0 Å². The zero-order valence-electron chi connectivity index (χ0n) is 7.47. The van der Waals surface area contributed by atoms with Gasteiger partial charge in [0.15, 0.2) is 10.3 Å². The summed E-state index contributed by atoms with van der Waals surface area (Å²) in [6, 6.07) is 8.17. The Bertz CT molecular complexity index is 351. The van der Waals surface area contributed by atoms with Crippen LogP contribution in [0.5, 0.6) is 0 Å². The molecule has 0 aliphatic heterocycles. The van der Waals surface area contributed by atoms with Gasteiger partial charge in [-0.25, -0.2) is 8.42 Å². The van der Waals surface area contributed by atoms with E-state index in [1.807, 2.05) is 0 Å². The Kier molecular flexibility index (Phi) is 4.51. The Labute approximate surface area is 89.6 Å². The molecule has 0 radical (unpaired) electrons. The van der Waals surface area contributed by atoms with E-state index in [2.05, 4.69) is 0 Å². The fourth-order valence-electron chi connectivity index (χ4n) is 0.767. The van der Waals surface area contributed by atoms with Gasteiger partial charge in [-0.2, -0.15) is 0 Å². The first-order chi connectivity index (χ1) is 5.52. The monoisotopic (exact) mass is 193 g/mol. The zero-order valence-corrected chi connectivity index (χ0v) is 8.28. The summed E-state index contributed by atoms with van der Waals surface area (Å²) in [5, 5.41) is 0. The van der Waals surface area contributed by atoms with E-state index in [9.17, 15) is 13.0 Å². The quantitative estimate of drug-likeness (QED) is 0.388. The molecule has 6 heteroatoms. The van der Waals surface area contributed by atoms with E-state index in [-0.39, 0.29) is 18.9 Å². The number of nitrogens with zero attached hydrogens (tertiary/aromatic N) is 1. The summed E-state index contributed by atoms with van der Waals surface area (Å²) in [6.45, 7) is 0. The van der Waals surface area contributed by atoms with Crippen LogP contribution in [0.15, 0.2) is 30.3 Å². The van der Waals surface area contributed by atoms with Crippen LogP contribution in [0.3, 0.4) is 0 Å². The van der Waals surface area contributed by atoms with Crippen molar-refractivity contribution >= 4 is 16.0 Å². The maximum absolute atomic E-state index is 10.5. The summed E-state index contributed by atoms with van der Waals surface area (Å²) >= 11 is 0. The Morgan fingerprint density at radius 3 is 2.08 bits per heavy atom. The summed E-state index contributed by atoms with van der Waals surface area (Å²) in [7, 11) is -3.15. The Hall–Kier alpha value is -0.473. The smallest absolute Gasteiger partial charge is 0.731 e. The van der Waals surface area contributed by atoms with Crippen LogP contribution in [-0.2, 0) is 10.3 Å². The minimum Gasteiger partial charge on any atom is -0.731 e. The SMILES string of the molecule is CN(c1ccccc1)S(=O)(=O)[O-].[Li+]. The minimum atomic E-state index is -4.37. The van der Waals surface area contributed by atoms with Crippen molar-refractivity contribution < 1.29 is 31.8 Å². The molecule has 0 saturated heterocycles. The number of benzene rings is 1. The van der Waals surface area contributed by atoms with Crippen molar-refractivity contribution in [1.29, 1.82) is 0 Å². The molecule has 0 aromatic heterocycles. The molecule has 1 aromatic rings. The van der Waals surface area contributed by atoms with Gasteiger partial charge in [0.25, 0.3) is 0 Å². The van der Waals surface area contributed by atoms with Crippen molar-refractivity contribution in [3.05, 3.63) is 30.3 Å². The van der Waals surface area contributed by atoms with Gasteiger partial charge < -0.3 is 4.55 Å². The van der Waals surface area contributed by atoms with Gasteiger partial charge >= 0.3 is 18.9 Å². The second-order valence-corrected chi connectivity index (χ2v) is 3.66. The summed E-state index contributed by atoms with van der Waals surface area (Å²) in [4.78, 5) is 0. The van der Waals surface area contributed by atoms with Crippen LogP contribution in [0.4, 0.5) is 5.69 Å². The van der Waals surface area contributed by atoms with Gasteiger partial charge in [0.1, 0.15) is 0 Å². The second-order valence-electron chi connectivity index (χ2n) is 2.26. The number of para-hydroxylation sites is 1. The molecule has 0 aliphatic carbocycles. The van der Waals surface area contributed by atoms with Crippen molar-refractivity contribution in [2.45, 2.75) is 0 Å². The van der Waals surface area contributed by atoms with E-state index < -0.39 is 10.3 Å². The number of hydrogen-bond donors (Lipinski definition) is 0. The van der Waals surface area contributed by atoms with Crippen LogP contribution in [-0.4, -0.2) is 20.0 Å². The van der Waals surface area contributed by atoms with Gasteiger partial charge in [-0.15, -0.1) is 0 Å². The van der Waals surface area contributed by atoms with Gasteiger partial charge in [0.2, 0.25) is 0 Å². The van der Waals surface area contributed by atoms with E-state index >= 15 is 0 Å². The maximum Gasteiger partial charge on any atom is 1.00 e. The number of hydrogen-bond acceptors (Lipinski definition) is 3. The predicted octanol–water partition coefficient (Wildman–Crippen LogP) is -2.41. The van der Waals surface area contributed by atoms with Gasteiger partial charge in [0, 0.05) is 7.05 Å². The van der Waals surface area contributed by atoms with Crippen LogP contribution in [0.2, 0.25) is 0 Å². The fraction of sp³-hybridized carbons (Fsp3) is 0.143. The van der Waals surface area contributed by atoms with E-state index in [1.54, 1.807) is 30.3 Å². The van der Waals surface area contributed by atoms with Crippen LogP contribution < -0.4 is 23.2 Å². The zero-order chi connectivity index (χ0) is 9.19. The van der Waals surface area contributed by atoms with Gasteiger partial charge in [-0.1, -0.05) is 18.2 Å². The molecule has 0 fully saturated rings. The van der Waals surface area contributed by atoms with Crippen LogP contribution >= 0.6 is 0 Å². The number of anilines is 1. The van der Waals surface area contributed by atoms with Gasteiger partial charge in [-0.05, 0) is 12.1 Å². The first kappa shape index (κ1) is 12.5. The van der Waals surface area contributed by atoms with Gasteiger partial charge in [-0.3, -0.25) is 4.31 Å². The minimum absolute atomic E-state index is 0. The molecule has 66 valence electrons. The molecule has 0 saturated carbocycles.